The largest absolute Gasteiger partial charge is 0.463 e. The van der Waals surface area contributed by atoms with Crippen LogP contribution in [0.15, 0.2) is 34.7 Å². The fourth-order valence-electron chi connectivity index (χ4n) is 4.31. The second kappa shape index (κ2) is 10.4. The van der Waals surface area contributed by atoms with Gasteiger partial charge in [-0.25, -0.2) is 9.18 Å². The van der Waals surface area contributed by atoms with Crippen LogP contribution >= 0.6 is 0 Å². The molecule has 3 heterocycles. The molecule has 1 N–H and O–H groups in total. The average Bonchev–Trinajstić information content (AvgIpc) is 3.39. The number of piperazine rings is 1. The number of rotatable bonds is 9. The van der Waals surface area contributed by atoms with E-state index in [9.17, 15) is 14.0 Å². The Labute approximate surface area is 193 Å². The molecule has 0 spiro atoms. The molecule has 2 saturated heterocycles. The summed E-state index contributed by atoms with van der Waals surface area (Å²) in [5.74, 6) is 1.55. The number of hydrogen-bond acceptors (Lipinski definition) is 7. The third kappa shape index (κ3) is 5.72. The molecule has 178 valence electrons. The van der Waals surface area contributed by atoms with Gasteiger partial charge in [0.25, 0.3) is 0 Å². The summed E-state index contributed by atoms with van der Waals surface area (Å²) in [6.45, 7) is 6.31. The molecule has 1 atom stereocenters. The molecule has 1 aromatic heterocycles. The van der Waals surface area contributed by atoms with E-state index >= 15 is 0 Å². The first-order valence-corrected chi connectivity index (χ1v) is 11.4. The van der Waals surface area contributed by atoms with Crippen molar-refractivity contribution < 1.29 is 23.1 Å². The number of carbonyl (C=O) groups excluding carboxylic acids is 2. The Kier molecular flexibility index (Phi) is 7.29. The van der Waals surface area contributed by atoms with Crippen molar-refractivity contribution in [3.63, 3.8) is 0 Å². The number of nitrogens with zero attached hydrogens (tertiary/aromatic N) is 3. The predicted octanol–water partition coefficient (Wildman–Crippen LogP) is 3.15. The van der Waals surface area contributed by atoms with E-state index in [2.05, 4.69) is 10.2 Å². The van der Waals surface area contributed by atoms with Gasteiger partial charge in [-0.15, -0.1) is 0 Å². The molecule has 9 heteroatoms. The van der Waals surface area contributed by atoms with E-state index in [1.54, 1.807) is 12.1 Å². The highest BCUT2D eigenvalue weighted by atomic mass is 19.1. The van der Waals surface area contributed by atoms with Crippen molar-refractivity contribution in [1.29, 1.82) is 0 Å². The van der Waals surface area contributed by atoms with Gasteiger partial charge in [0.1, 0.15) is 29.2 Å². The van der Waals surface area contributed by atoms with Crippen LogP contribution in [0.25, 0.3) is 0 Å². The lowest BCUT2D eigenvalue weighted by Crippen LogP contribution is -2.46. The Morgan fingerprint density at radius 1 is 1.15 bits per heavy atom. The van der Waals surface area contributed by atoms with Gasteiger partial charge in [0.2, 0.25) is 0 Å². The zero-order valence-electron chi connectivity index (χ0n) is 19.2. The highest BCUT2D eigenvalue weighted by Crippen LogP contribution is 2.29. The first kappa shape index (κ1) is 23.3. The molecule has 1 aromatic carbocycles. The summed E-state index contributed by atoms with van der Waals surface area (Å²) in [6, 6.07) is 8.87. The number of nitrogens with one attached hydrogen (secondary N) is 1. The van der Waals surface area contributed by atoms with Gasteiger partial charge in [0, 0.05) is 32.6 Å². The lowest BCUT2D eigenvalue weighted by atomic mass is 10.1. The van der Waals surface area contributed by atoms with Crippen LogP contribution in [-0.4, -0.2) is 62.7 Å². The van der Waals surface area contributed by atoms with Crippen molar-refractivity contribution in [2.24, 2.45) is 0 Å². The van der Waals surface area contributed by atoms with E-state index in [0.717, 1.165) is 31.2 Å². The maximum atomic E-state index is 15.0. The van der Waals surface area contributed by atoms with Gasteiger partial charge in [-0.3, -0.25) is 9.80 Å². The molecule has 0 aliphatic carbocycles. The average molecular weight is 459 g/mol. The summed E-state index contributed by atoms with van der Waals surface area (Å²) in [5.41, 5.74) is 1.01. The first-order chi connectivity index (χ1) is 15.9. The van der Waals surface area contributed by atoms with E-state index in [0.29, 0.717) is 50.4 Å². The number of anilines is 2. The number of hydrogen-bond donors (Lipinski definition) is 1. The minimum Gasteiger partial charge on any atom is -0.463 e. The van der Waals surface area contributed by atoms with Crippen LogP contribution in [0.2, 0.25) is 0 Å². The van der Waals surface area contributed by atoms with Crippen LogP contribution in [0.3, 0.4) is 0 Å². The molecule has 2 aliphatic heterocycles. The van der Waals surface area contributed by atoms with Gasteiger partial charge < -0.3 is 24.2 Å². The third-order valence-corrected chi connectivity index (χ3v) is 6.10. The predicted molar refractivity (Wildman–Crippen MR) is 123 cm³/mol. The second-order valence-corrected chi connectivity index (χ2v) is 8.65. The quantitative estimate of drug-likeness (QED) is 0.619. The minimum absolute atomic E-state index is 0.0581. The SMILES string of the molecule is CNCc1ccc(CN2CCN(c3ccc(N4C[C@H](CCC(C)=O)OC4=O)cc3F)CC2)o1. The molecule has 2 aromatic rings. The van der Waals surface area contributed by atoms with Gasteiger partial charge in [0.05, 0.1) is 31.0 Å². The standard InChI is InChI=1S/C24H31FN4O4/c1-17(30)3-5-21-16-29(24(31)33-21)18-4-8-23(22(25)13-18)28-11-9-27(10-12-28)15-20-7-6-19(32-20)14-26-2/h4,6-8,13,21,26H,3,5,9-12,14-16H2,1-2H3/t21-/m0/s1. The van der Waals surface area contributed by atoms with Crippen LogP contribution in [0.5, 0.6) is 0 Å². The monoisotopic (exact) mass is 458 g/mol. The van der Waals surface area contributed by atoms with Gasteiger partial charge in [0.15, 0.2) is 0 Å². The summed E-state index contributed by atoms with van der Waals surface area (Å²) >= 11 is 0. The van der Waals surface area contributed by atoms with Crippen LogP contribution in [-0.2, 0) is 22.6 Å². The van der Waals surface area contributed by atoms with Crippen LogP contribution in [0.4, 0.5) is 20.6 Å². The normalized spacial score (nSPS) is 19.2. The zero-order chi connectivity index (χ0) is 23.4. The Balaban J connectivity index is 1.32. The maximum absolute atomic E-state index is 15.0. The zero-order valence-corrected chi connectivity index (χ0v) is 19.2. The molecule has 33 heavy (non-hydrogen) atoms. The number of cyclic esters (lactones) is 1. The van der Waals surface area contributed by atoms with Gasteiger partial charge >= 0.3 is 6.09 Å². The van der Waals surface area contributed by atoms with Crippen molar-refractivity contribution in [1.82, 2.24) is 10.2 Å². The highest BCUT2D eigenvalue weighted by Gasteiger charge is 2.33. The number of halogens is 1. The molecule has 2 fully saturated rings. The molecule has 8 nitrogen and oxygen atoms in total. The Morgan fingerprint density at radius 2 is 1.91 bits per heavy atom. The molecule has 0 radical (unpaired) electrons. The van der Waals surface area contributed by atoms with Crippen molar-refractivity contribution >= 4 is 23.3 Å². The number of benzene rings is 1. The highest BCUT2D eigenvalue weighted by molar-refractivity contribution is 5.90. The fourth-order valence-corrected chi connectivity index (χ4v) is 4.31. The van der Waals surface area contributed by atoms with Crippen molar-refractivity contribution in [2.75, 3.05) is 49.6 Å². The number of furan rings is 1. The summed E-state index contributed by atoms with van der Waals surface area (Å²) in [7, 11) is 1.89. The van der Waals surface area contributed by atoms with Crippen molar-refractivity contribution in [3.05, 3.63) is 47.7 Å². The molecule has 2 aliphatic rings. The summed E-state index contributed by atoms with van der Waals surface area (Å²) in [4.78, 5) is 29.2. The first-order valence-electron chi connectivity index (χ1n) is 11.4. The molecule has 0 bridgehead atoms. The van der Waals surface area contributed by atoms with E-state index in [-0.39, 0.29) is 17.7 Å². The van der Waals surface area contributed by atoms with E-state index in [1.807, 2.05) is 24.1 Å². The minimum atomic E-state index is -0.500. The van der Waals surface area contributed by atoms with Crippen LogP contribution < -0.4 is 15.1 Å². The molecular formula is C24H31FN4O4. The maximum Gasteiger partial charge on any atom is 0.414 e. The molecule has 1 amide bonds. The molecule has 0 unspecified atom stereocenters. The Hall–Kier alpha value is -2.91. The number of carbonyl (C=O) groups is 2. The lowest BCUT2D eigenvalue weighted by molar-refractivity contribution is -0.117. The van der Waals surface area contributed by atoms with Crippen LogP contribution in [0.1, 0.15) is 31.3 Å². The van der Waals surface area contributed by atoms with E-state index in [4.69, 9.17) is 9.15 Å². The summed E-state index contributed by atoms with van der Waals surface area (Å²) in [5, 5.41) is 3.08. The number of ketones is 1. The molecule has 0 saturated carbocycles. The second-order valence-electron chi connectivity index (χ2n) is 8.65. The van der Waals surface area contributed by atoms with Crippen molar-refractivity contribution in [2.45, 2.75) is 39.0 Å². The fraction of sp³-hybridized carbons (Fsp3) is 0.500. The molecular weight excluding hydrogens is 427 g/mol. The topological polar surface area (TPSA) is 78.3 Å². The summed E-state index contributed by atoms with van der Waals surface area (Å²) < 4.78 is 26.1. The van der Waals surface area contributed by atoms with Crippen molar-refractivity contribution in [3.8, 4) is 0 Å². The van der Waals surface area contributed by atoms with Gasteiger partial charge in [-0.1, -0.05) is 0 Å². The molecule has 4 rings (SSSR count). The number of amides is 1. The number of Topliss-reactive ketones (excluding diaryl/α,β-unsaturated/α-hetero) is 1. The van der Waals surface area contributed by atoms with Gasteiger partial charge in [-0.05, 0) is 50.7 Å². The number of ether oxygens (including phenoxy) is 1. The van der Waals surface area contributed by atoms with E-state index in [1.165, 1.54) is 17.9 Å². The third-order valence-electron chi connectivity index (χ3n) is 6.10. The Morgan fingerprint density at radius 3 is 2.61 bits per heavy atom. The smallest absolute Gasteiger partial charge is 0.414 e. The van der Waals surface area contributed by atoms with Crippen LogP contribution in [0, 0.1) is 5.82 Å². The van der Waals surface area contributed by atoms with E-state index < -0.39 is 6.09 Å². The Bertz CT molecular complexity index is 987. The lowest BCUT2D eigenvalue weighted by Gasteiger charge is -2.36. The van der Waals surface area contributed by atoms with Gasteiger partial charge in [-0.2, -0.15) is 0 Å². The summed E-state index contributed by atoms with van der Waals surface area (Å²) in [6.07, 6.45) is 0.0000780.